The number of cyclic esters (lactones) is 1. The number of benzene rings is 1. The van der Waals surface area contributed by atoms with Crippen molar-refractivity contribution in [3.05, 3.63) is 53.6 Å². The van der Waals surface area contributed by atoms with E-state index in [9.17, 15) is 19.5 Å². The Hall–Kier alpha value is -2.68. The second-order valence-corrected chi connectivity index (χ2v) is 10.7. The normalized spacial score (nSPS) is 37.8. The molecule has 4 heterocycles. The van der Waals surface area contributed by atoms with E-state index >= 15 is 0 Å². The van der Waals surface area contributed by atoms with Gasteiger partial charge in [-0.1, -0.05) is 35.9 Å². The number of allylic oxidation sites excluding steroid dienone is 1. The summed E-state index contributed by atoms with van der Waals surface area (Å²) in [6.07, 6.45) is 7.69. The fourth-order valence-corrected chi connectivity index (χ4v) is 6.34. The lowest BCUT2D eigenvalue weighted by Crippen LogP contribution is -2.58. The third-order valence-corrected chi connectivity index (χ3v) is 8.38. The first-order valence-corrected chi connectivity index (χ1v) is 12.8. The Morgan fingerprint density at radius 3 is 2.61 bits per heavy atom. The van der Waals surface area contributed by atoms with Crippen LogP contribution in [0, 0.1) is 11.3 Å². The SMILES string of the molecule is CC1CC/C=C\[C@H]2OC34C=CCN(c5ccc(Cl)cc5)C(=O)[C@H]3N(C(C)CO)C(=O)[C@]4(C)C2C(=O)O1. The van der Waals surface area contributed by atoms with Crippen LogP contribution in [0.15, 0.2) is 48.6 Å². The lowest BCUT2D eigenvalue weighted by Gasteiger charge is -2.38. The zero-order valence-corrected chi connectivity index (χ0v) is 21.4. The molecule has 2 saturated heterocycles. The van der Waals surface area contributed by atoms with Gasteiger partial charge in [0.05, 0.1) is 30.3 Å². The molecule has 1 aromatic carbocycles. The maximum atomic E-state index is 14.3. The number of hydrogen-bond acceptors (Lipinski definition) is 6. The summed E-state index contributed by atoms with van der Waals surface area (Å²) in [6.45, 7) is 5.12. The van der Waals surface area contributed by atoms with Crippen molar-refractivity contribution < 1.29 is 29.0 Å². The number of anilines is 1. The molecule has 0 aromatic heterocycles. The third-order valence-electron chi connectivity index (χ3n) is 8.12. The zero-order chi connectivity index (χ0) is 25.8. The number of likely N-dealkylation sites (tertiary alicyclic amines) is 1. The summed E-state index contributed by atoms with van der Waals surface area (Å²) in [5.41, 5.74) is -2.22. The Morgan fingerprint density at radius 1 is 1.19 bits per heavy atom. The lowest BCUT2D eigenvalue weighted by molar-refractivity contribution is -0.162. The van der Waals surface area contributed by atoms with Gasteiger partial charge in [-0.25, -0.2) is 0 Å². The van der Waals surface area contributed by atoms with E-state index in [4.69, 9.17) is 21.1 Å². The van der Waals surface area contributed by atoms with Crippen molar-refractivity contribution in [3.63, 3.8) is 0 Å². The molecular weight excluding hydrogens is 484 g/mol. The minimum Gasteiger partial charge on any atom is -0.462 e. The van der Waals surface area contributed by atoms with Crippen LogP contribution in [0.1, 0.15) is 33.6 Å². The van der Waals surface area contributed by atoms with E-state index in [0.29, 0.717) is 23.6 Å². The second-order valence-electron chi connectivity index (χ2n) is 10.3. The Bertz CT molecular complexity index is 1140. The van der Waals surface area contributed by atoms with Crippen molar-refractivity contribution in [1.82, 2.24) is 4.90 Å². The largest absolute Gasteiger partial charge is 0.462 e. The van der Waals surface area contributed by atoms with Crippen molar-refractivity contribution >= 4 is 35.1 Å². The molecule has 1 aromatic rings. The molecular formula is C27H31ClN2O6. The number of carbonyl (C=O) groups excluding carboxylic acids is 3. The standard InChI is InChI=1S/C27H31ClN2O6/c1-16(15-31)30-22-23(32)29(19-11-9-18(28)10-12-19)14-6-13-27(22)26(3,25(30)34)21-20(36-27)8-5-4-7-17(2)35-24(21)33/h5-6,8-13,16-17,20-22,31H,4,7,14-15H2,1-3H3/b8-5-/t16?,17?,20-,21?,22-,26+,27?/m1/s1. The van der Waals surface area contributed by atoms with Gasteiger partial charge < -0.3 is 24.4 Å². The average molecular weight is 515 g/mol. The average Bonchev–Trinajstić information content (AvgIpc) is 3.16. The highest BCUT2D eigenvalue weighted by Gasteiger charge is 2.79. The molecule has 1 N–H and O–H groups in total. The van der Waals surface area contributed by atoms with Gasteiger partial charge in [-0.05, 0) is 57.9 Å². The van der Waals surface area contributed by atoms with Crippen molar-refractivity contribution in [2.75, 3.05) is 18.1 Å². The van der Waals surface area contributed by atoms with Gasteiger partial charge in [0.25, 0.3) is 5.91 Å². The van der Waals surface area contributed by atoms with E-state index < -0.39 is 47.0 Å². The number of amides is 2. The van der Waals surface area contributed by atoms with E-state index in [2.05, 4.69) is 0 Å². The molecule has 7 atom stereocenters. The quantitative estimate of drug-likeness (QED) is 0.492. The van der Waals surface area contributed by atoms with Crippen LogP contribution in [-0.2, 0) is 23.9 Å². The molecule has 4 aliphatic rings. The van der Waals surface area contributed by atoms with E-state index in [1.165, 1.54) is 4.90 Å². The molecule has 0 saturated carbocycles. The van der Waals surface area contributed by atoms with Crippen LogP contribution in [0.2, 0.25) is 5.02 Å². The number of ether oxygens (including phenoxy) is 2. The minimum atomic E-state index is -1.42. The Balaban J connectivity index is 1.67. The maximum Gasteiger partial charge on any atom is 0.313 e. The highest BCUT2D eigenvalue weighted by Crippen LogP contribution is 2.61. The minimum absolute atomic E-state index is 0.250. The van der Waals surface area contributed by atoms with Gasteiger partial charge >= 0.3 is 5.97 Å². The van der Waals surface area contributed by atoms with Crippen LogP contribution < -0.4 is 4.90 Å². The van der Waals surface area contributed by atoms with Crippen LogP contribution in [0.3, 0.4) is 0 Å². The number of esters is 1. The first kappa shape index (κ1) is 25.0. The third kappa shape index (κ3) is 3.45. The molecule has 1 spiro atoms. The summed E-state index contributed by atoms with van der Waals surface area (Å²) >= 11 is 6.07. The molecule has 4 aliphatic heterocycles. The number of hydrogen-bond donors (Lipinski definition) is 1. The summed E-state index contributed by atoms with van der Waals surface area (Å²) in [5.74, 6) is -2.21. The van der Waals surface area contributed by atoms with Crippen LogP contribution >= 0.6 is 11.6 Å². The van der Waals surface area contributed by atoms with E-state index in [-0.39, 0.29) is 25.2 Å². The molecule has 36 heavy (non-hydrogen) atoms. The fraction of sp³-hybridized carbons (Fsp3) is 0.519. The molecule has 192 valence electrons. The van der Waals surface area contributed by atoms with Crippen molar-refractivity contribution in [3.8, 4) is 0 Å². The van der Waals surface area contributed by atoms with Crippen LogP contribution in [-0.4, -0.2) is 70.8 Å². The van der Waals surface area contributed by atoms with E-state index in [0.717, 1.165) is 0 Å². The van der Waals surface area contributed by atoms with Crippen LogP contribution in [0.4, 0.5) is 5.69 Å². The van der Waals surface area contributed by atoms with Crippen LogP contribution in [0.5, 0.6) is 0 Å². The summed E-state index contributed by atoms with van der Waals surface area (Å²) in [7, 11) is 0. The molecule has 0 aliphatic carbocycles. The van der Waals surface area contributed by atoms with Crippen LogP contribution in [0.25, 0.3) is 0 Å². The van der Waals surface area contributed by atoms with Gasteiger partial charge in [0.1, 0.15) is 17.6 Å². The first-order chi connectivity index (χ1) is 17.2. The van der Waals surface area contributed by atoms with Crippen molar-refractivity contribution in [1.29, 1.82) is 0 Å². The van der Waals surface area contributed by atoms with Crippen molar-refractivity contribution in [2.45, 2.75) is 63.5 Å². The molecule has 2 amide bonds. The first-order valence-electron chi connectivity index (χ1n) is 12.4. The summed E-state index contributed by atoms with van der Waals surface area (Å²) < 4.78 is 12.4. The molecule has 0 bridgehead atoms. The highest BCUT2D eigenvalue weighted by atomic mass is 35.5. The molecule has 8 nitrogen and oxygen atoms in total. The van der Waals surface area contributed by atoms with Gasteiger partial charge in [-0.15, -0.1) is 0 Å². The monoisotopic (exact) mass is 514 g/mol. The molecule has 2 fully saturated rings. The van der Waals surface area contributed by atoms with Crippen molar-refractivity contribution in [2.24, 2.45) is 11.3 Å². The zero-order valence-electron chi connectivity index (χ0n) is 20.6. The van der Waals surface area contributed by atoms with Gasteiger partial charge in [0.2, 0.25) is 5.91 Å². The molecule has 0 radical (unpaired) electrons. The number of fused-ring (bicyclic) bond motifs is 2. The number of aliphatic hydroxyl groups excluding tert-OH is 1. The molecule has 9 heteroatoms. The number of halogens is 1. The number of rotatable bonds is 3. The predicted octanol–water partition coefficient (Wildman–Crippen LogP) is 2.88. The Morgan fingerprint density at radius 2 is 1.92 bits per heavy atom. The smallest absolute Gasteiger partial charge is 0.313 e. The molecule has 5 rings (SSSR count). The van der Waals surface area contributed by atoms with E-state index in [1.54, 1.807) is 49.1 Å². The summed E-state index contributed by atoms with van der Waals surface area (Å²) in [5, 5.41) is 10.6. The van der Waals surface area contributed by atoms with Gasteiger partial charge in [0.15, 0.2) is 0 Å². The van der Waals surface area contributed by atoms with Gasteiger partial charge in [-0.3, -0.25) is 14.4 Å². The second kappa shape index (κ2) is 9.01. The number of carbonyl (C=O) groups is 3. The highest BCUT2D eigenvalue weighted by molar-refractivity contribution is 6.30. The Kier molecular flexibility index (Phi) is 6.25. The maximum absolute atomic E-state index is 14.3. The van der Waals surface area contributed by atoms with Gasteiger partial charge in [0, 0.05) is 17.3 Å². The van der Waals surface area contributed by atoms with E-state index in [1.807, 2.05) is 25.2 Å². The number of aliphatic hydroxyl groups is 1. The fourth-order valence-electron chi connectivity index (χ4n) is 6.21. The van der Waals surface area contributed by atoms with Gasteiger partial charge in [-0.2, -0.15) is 0 Å². The lowest BCUT2D eigenvalue weighted by atomic mass is 9.65. The topological polar surface area (TPSA) is 96.4 Å². The Labute approximate surface area is 215 Å². The predicted molar refractivity (Wildman–Crippen MR) is 133 cm³/mol. The molecule has 4 unspecified atom stereocenters. The summed E-state index contributed by atoms with van der Waals surface area (Å²) in [4.78, 5) is 45.0. The summed E-state index contributed by atoms with van der Waals surface area (Å²) in [6, 6.07) is 5.14. The number of nitrogens with zero attached hydrogens (tertiary/aromatic N) is 2.